The maximum Gasteiger partial charge on any atom is 0.167 e. The summed E-state index contributed by atoms with van der Waals surface area (Å²) in [4.78, 5) is 0. The van der Waals surface area contributed by atoms with Gasteiger partial charge in [-0.3, -0.25) is 0 Å². The fourth-order valence-corrected chi connectivity index (χ4v) is 1.98. The summed E-state index contributed by atoms with van der Waals surface area (Å²) in [7, 11) is 1.43. The summed E-state index contributed by atoms with van der Waals surface area (Å²) in [5.74, 6) is 0.477. The van der Waals surface area contributed by atoms with Gasteiger partial charge in [0, 0.05) is 18.3 Å². The monoisotopic (exact) mass is 278 g/mol. The molecule has 0 unspecified atom stereocenters. The molecule has 0 atom stereocenters. The van der Waals surface area contributed by atoms with Crippen molar-refractivity contribution in [1.29, 1.82) is 0 Å². The minimum Gasteiger partial charge on any atom is -0.494 e. The Labute approximate surface area is 117 Å². The van der Waals surface area contributed by atoms with Crippen molar-refractivity contribution >= 4 is 17.2 Å². The van der Waals surface area contributed by atoms with Crippen LogP contribution < -0.4 is 15.8 Å². The summed E-state index contributed by atoms with van der Waals surface area (Å²) < 4.78 is 20.4. The number of ether oxygens (including phenoxy) is 1. The van der Waals surface area contributed by atoms with E-state index in [1.54, 1.807) is 16.8 Å². The average Bonchev–Trinajstić information content (AvgIpc) is 2.67. The lowest BCUT2D eigenvalue weighted by Crippen LogP contribution is -2.06. The number of aromatic nitrogens is 2. The van der Waals surface area contributed by atoms with Crippen molar-refractivity contribution in [3.63, 3.8) is 0 Å². The van der Waals surface area contributed by atoms with Crippen LogP contribution in [0.4, 0.5) is 21.6 Å². The molecule has 0 saturated heterocycles. The quantitative estimate of drug-likeness (QED) is 0.882. The Morgan fingerprint density at radius 3 is 2.80 bits per heavy atom. The molecule has 0 spiro atoms. The second-order valence-electron chi connectivity index (χ2n) is 4.55. The number of halogens is 1. The van der Waals surface area contributed by atoms with Gasteiger partial charge in [-0.15, -0.1) is 0 Å². The van der Waals surface area contributed by atoms with Gasteiger partial charge in [-0.1, -0.05) is 6.92 Å². The third-order valence-corrected chi connectivity index (χ3v) is 3.02. The van der Waals surface area contributed by atoms with Crippen LogP contribution >= 0.6 is 0 Å². The van der Waals surface area contributed by atoms with Gasteiger partial charge >= 0.3 is 0 Å². The summed E-state index contributed by atoms with van der Waals surface area (Å²) in [5.41, 5.74) is 7.95. The molecule has 1 aromatic heterocycles. The van der Waals surface area contributed by atoms with E-state index in [0.717, 1.165) is 18.7 Å². The summed E-state index contributed by atoms with van der Waals surface area (Å²) in [5, 5.41) is 7.48. The zero-order valence-electron chi connectivity index (χ0n) is 11.9. The molecule has 1 aromatic carbocycles. The van der Waals surface area contributed by atoms with Crippen LogP contribution in [0.25, 0.3) is 0 Å². The van der Waals surface area contributed by atoms with Crippen molar-refractivity contribution in [2.24, 2.45) is 0 Å². The zero-order valence-corrected chi connectivity index (χ0v) is 11.9. The van der Waals surface area contributed by atoms with Gasteiger partial charge in [-0.2, -0.15) is 5.10 Å². The van der Waals surface area contributed by atoms with Gasteiger partial charge < -0.3 is 15.8 Å². The van der Waals surface area contributed by atoms with Crippen molar-refractivity contribution in [2.45, 2.75) is 26.8 Å². The van der Waals surface area contributed by atoms with E-state index in [2.05, 4.69) is 17.3 Å². The molecule has 0 aliphatic heterocycles. The number of nitrogens with one attached hydrogen (secondary N) is 1. The van der Waals surface area contributed by atoms with Gasteiger partial charge in [0.1, 0.15) is 0 Å². The van der Waals surface area contributed by atoms with Gasteiger partial charge in [-0.05, 0) is 25.5 Å². The fourth-order valence-electron chi connectivity index (χ4n) is 1.98. The third-order valence-electron chi connectivity index (χ3n) is 3.02. The van der Waals surface area contributed by atoms with E-state index < -0.39 is 5.82 Å². The molecule has 2 rings (SSSR count). The SMILES string of the molecule is CCCn1nc(C)c(N)c1Nc1ccc(OC)c(F)c1. The lowest BCUT2D eigenvalue weighted by Gasteiger charge is -2.11. The highest BCUT2D eigenvalue weighted by Gasteiger charge is 2.13. The largest absolute Gasteiger partial charge is 0.494 e. The van der Waals surface area contributed by atoms with Crippen LogP contribution in [0.15, 0.2) is 18.2 Å². The van der Waals surface area contributed by atoms with Gasteiger partial charge in [0.2, 0.25) is 0 Å². The van der Waals surface area contributed by atoms with Crippen LogP contribution in [0.3, 0.4) is 0 Å². The van der Waals surface area contributed by atoms with Crippen molar-refractivity contribution in [3.05, 3.63) is 29.7 Å². The molecule has 0 aliphatic carbocycles. The average molecular weight is 278 g/mol. The van der Waals surface area contributed by atoms with E-state index in [1.807, 2.05) is 6.92 Å². The number of nitrogens with zero attached hydrogens (tertiary/aromatic N) is 2. The first-order chi connectivity index (χ1) is 9.56. The normalized spacial score (nSPS) is 10.6. The molecular formula is C14H19FN4O. The number of benzene rings is 1. The van der Waals surface area contributed by atoms with Crippen LogP contribution in [-0.2, 0) is 6.54 Å². The number of hydrogen-bond acceptors (Lipinski definition) is 4. The first-order valence-electron chi connectivity index (χ1n) is 6.50. The molecule has 1 heterocycles. The van der Waals surface area contributed by atoms with Crippen molar-refractivity contribution in [1.82, 2.24) is 9.78 Å². The molecule has 0 saturated carbocycles. The first kappa shape index (κ1) is 14.2. The molecule has 108 valence electrons. The summed E-state index contributed by atoms with van der Waals surface area (Å²) in [6, 6.07) is 4.68. The molecule has 0 fully saturated rings. The van der Waals surface area contributed by atoms with E-state index in [4.69, 9.17) is 10.5 Å². The van der Waals surface area contributed by atoms with Crippen LogP contribution in [-0.4, -0.2) is 16.9 Å². The molecule has 20 heavy (non-hydrogen) atoms. The van der Waals surface area contributed by atoms with Crippen molar-refractivity contribution < 1.29 is 9.13 Å². The second-order valence-corrected chi connectivity index (χ2v) is 4.55. The number of hydrogen-bond donors (Lipinski definition) is 2. The maximum absolute atomic E-state index is 13.7. The Balaban J connectivity index is 2.32. The standard InChI is InChI=1S/C14H19FN4O/c1-4-7-19-14(13(16)9(2)18-19)17-10-5-6-12(20-3)11(15)8-10/h5-6,8,17H,4,7,16H2,1-3H3. The zero-order chi connectivity index (χ0) is 14.7. The number of anilines is 3. The van der Waals surface area contributed by atoms with Crippen LogP contribution in [0, 0.1) is 12.7 Å². The lowest BCUT2D eigenvalue weighted by molar-refractivity contribution is 0.386. The molecule has 0 aliphatic rings. The fraction of sp³-hybridized carbons (Fsp3) is 0.357. The summed E-state index contributed by atoms with van der Waals surface area (Å²) in [6.07, 6.45) is 0.937. The Morgan fingerprint density at radius 2 is 2.20 bits per heavy atom. The highest BCUT2D eigenvalue weighted by molar-refractivity contribution is 5.71. The highest BCUT2D eigenvalue weighted by atomic mass is 19.1. The second kappa shape index (κ2) is 5.81. The number of nitrogen functional groups attached to an aromatic ring is 1. The third kappa shape index (κ3) is 2.68. The lowest BCUT2D eigenvalue weighted by atomic mass is 10.2. The number of rotatable bonds is 5. The molecule has 0 amide bonds. The van der Waals surface area contributed by atoms with Crippen molar-refractivity contribution in [3.8, 4) is 5.75 Å². The maximum atomic E-state index is 13.7. The molecule has 2 aromatic rings. The van der Waals surface area contributed by atoms with E-state index in [9.17, 15) is 4.39 Å². The van der Waals surface area contributed by atoms with Crippen LogP contribution in [0.1, 0.15) is 19.0 Å². The van der Waals surface area contributed by atoms with E-state index in [-0.39, 0.29) is 5.75 Å². The molecular weight excluding hydrogens is 259 g/mol. The topological polar surface area (TPSA) is 65.1 Å². The van der Waals surface area contributed by atoms with Gasteiger partial charge in [0.15, 0.2) is 17.4 Å². The van der Waals surface area contributed by atoms with Gasteiger partial charge in [0.05, 0.1) is 18.5 Å². The van der Waals surface area contributed by atoms with Crippen molar-refractivity contribution in [2.75, 3.05) is 18.2 Å². The minimum absolute atomic E-state index is 0.210. The summed E-state index contributed by atoms with van der Waals surface area (Å²) >= 11 is 0. The Bertz CT molecular complexity index is 609. The number of aryl methyl sites for hydroxylation is 2. The van der Waals surface area contributed by atoms with Crippen LogP contribution in [0.5, 0.6) is 5.75 Å². The predicted molar refractivity (Wildman–Crippen MR) is 77.9 cm³/mol. The van der Waals surface area contributed by atoms with E-state index in [1.165, 1.54) is 13.2 Å². The molecule has 3 N–H and O–H groups in total. The highest BCUT2D eigenvalue weighted by Crippen LogP contribution is 2.28. The first-order valence-corrected chi connectivity index (χ1v) is 6.50. The van der Waals surface area contributed by atoms with Gasteiger partial charge in [0.25, 0.3) is 0 Å². The Morgan fingerprint density at radius 1 is 1.45 bits per heavy atom. The van der Waals surface area contributed by atoms with E-state index in [0.29, 0.717) is 17.2 Å². The Kier molecular flexibility index (Phi) is 4.12. The predicted octanol–water partition coefficient (Wildman–Crippen LogP) is 3.08. The molecule has 0 radical (unpaired) electrons. The molecule has 5 nitrogen and oxygen atoms in total. The smallest absolute Gasteiger partial charge is 0.167 e. The summed E-state index contributed by atoms with van der Waals surface area (Å²) in [6.45, 7) is 4.66. The van der Waals surface area contributed by atoms with Gasteiger partial charge in [-0.25, -0.2) is 9.07 Å². The molecule has 6 heteroatoms. The minimum atomic E-state index is -0.422. The molecule has 0 bridgehead atoms. The van der Waals surface area contributed by atoms with Crippen LogP contribution in [0.2, 0.25) is 0 Å². The van der Waals surface area contributed by atoms with E-state index >= 15 is 0 Å². The Hall–Kier alpha value is -2.24. The number of methoxy groups -OCH3 is 1. The number of nitrogens with two attached hydrogens (primary N) is 1.